The molecule has 2 aliphatic carbocycles. The van der Waals surface area contributed by atoms with Gasteiger partial charge in [0.25, 0.3) is 0 Å². The van der Waals surface area contributed by atoms with E-state index in [2.05, 4.69) is 13.2 Å². The maximum Gasteiger partial charge on any atom is 0.160 e. The number of rotatable bonds is 4. The number of methoxy groups -OCH3 is 1. The Hall–Kier alpha value is -2.29. The molecule has 1 aromatic carbocycles. The Bertz CT molecular complexity index is 686. The van der Waals surface area contributed by atoms with Gasteiger partial charge in [-0.1, -0.05) is 30.4 Å². The van der Waals surface area contributed by atoms with Gasteiger partial charge in [-0.25, -0.2) is 0 Å². The molecule has 0 unspecified atom stereocenters. The minimum atomic E-state index is -0.0280. The second-order valence-electron chi connectivity index (χ2n) is 6.47. The highest BCUT2D eigenvalue weighted by Crippen LogP contribution is 2.49. The van der Waals surface area contributed by atoms with Crippen molar-refractivity contribution in [1.29, 1.82) is 0 Å². The quantitative estimate of drug-likeness (QED) is 0.863. The van der Waals surface area contributed by atoms with Crippen LogP contribution in [0.25, 0.3) is 0 Å². The molecule has 0 heterocycles. The molecule has 23 heavy (non-hydrogen) atoms. The standard InChI is InChI=1S/C20H22O3/c1-4-14-11-15(20-16(21)7-5-12(2)19(14)20)9-13-6-8-18(23-3)17(22)10-13/h4-8,10,14-15,19-20,22H,1-2,9,11H2,3H3/t14-,15-,19+,20-/m1/s1. The van der Waals surface area contributed by atoms with Crippen LogP contribution in [0, 0.1) is 23.7 Å². The van der Waals surface area contributed by atoms with Crippen molar-refractivity contribution in [2.24, 2.45) is 23.7 Å². The lowest BCUT2D eigenvalue weighted by Gasteiger charge is -2.28. The van der Waals surface area contributed by atoms with Crippen LogP contribution in [0.15, 0.2) is 55.2 Å². The number of carbonyl (C=O) groups is 1. The number of fused-ring (bicyclic) bond motifs is 1. The Morgan fingerprint density at radius 1 is 1.35 bits per heavy atom. The lowest BCUT2D eigenvalue weighted by molar-refractivity contribution is -0.120. The van der Waals surface area contributed by atoms with E-state index < -0.39 is 0 Å². The number of aromatic hydroxyl groups is 1. The van der Waals surface area contributed by atoms with Gasteiger partial charge in [-0.3, -0.25) is 4.79 Å². The van der Waals surface area contributed by atoms with Crippen LogP contribution >= 0.6 is 0 Å². The minimum absolute atomic E-state index is 0.0280. The molecule has 1 N–H and O–H groups in total. The topological polar surface area (TPSA) is 46.5 Å². The molecule has 0 spiro atoms. The van der Waals surface area contributed by atoms with Crippen molar-refractivity contribution in [2.45, 2.75) is 12.8 Å². The molecule has 0 aromatic heterocycles. The number of carbonyl (C=O) groups excluding carboxylic acids is 1. The molecule has 0 bridgehead atoms. The molecule has 0 radical (unpaired) electrons. The summed E-state index contributed by atoms with van der Waals surface area (Å²) in [5, 5.41) is 9.96. The van der Waals surface area contributed by atoms with Crippen molar-refractivity contribution in [3.05, 3.63) is 60.7 Å². The molecule has 1 fully saturated rings. The van der Waals surface area contributed by atoms with Gasteiger partial charge < -0.3 is 9.84 Å². The van der Waals surface area contributed by atoms with Crippen LogP contribution in [0.4, 0.5) is 0 Å². The Labute approximate surface area is 137 Å². The van der Waals surface area contributed by atoms with Gasteiger partial charge in [0.15, 0.2) is 17.3 Å². The van der Waals surface area contributed by atoms with Gasteiger partial charge in [-0.2, -0.15) is 0 Å². The number of benzene rings is 1. The maximum atomic E-state index is 12.4. The van der Waals surface area contributed by atoms with E-state index in [1.165, 1.54) is 7.11 Å². The first kappa shape index (κ1) is 15.6. The van der Waals surface area contributed by atoms with Gasteiger partial charge in [0.2, 0.25) is 0 Å². The summed E-state index contributed by atoms with van der Waals surface area (Å²) in [7, 11) is 1.53. The highest BCUT2D eigenvalue weighted by molar-refractivity contribution is 5.94. The fraction of sp³-hybridized carbons (Fsp3) is 0.350. The summed E-state index contributed by atoms with van der Waals surface area (Å²) >= 11 is 0. The molecule has 2 aliphatic rings. The first-order valence-corrected chi connectivity index (χ1v) is 7.94. The Morgan fingerprint density at radius 2 is 2.13 bits per heavy atom. The molecular formula is C20H22O3. The summed E-state index contributed by atoms with van der Waals surface area (Å²) in [5.41, 5.74) is 2.05. The molecule has 0 saturated heterocycles. The summed E-state index contributed by atoms with van der Waals surface area (Å²) in [6.45, 7) is 8.06. The van der Waals surface area contributed by atoms with Crippen molar-refractivity contribution in [2.75, 3.05) is 7.11 Å². The second-order valence-corrected chi connectivity index (χ2v) is 6.47. The number of allylic oxidation sites excluding steroid dienone is 4. The molecule has 120 valence electrons. The van der Waals surface area contributed by atoms with E-state index in [-0.39, 0.29) is 29.3 Å². The average Bonchev–Trinajstić information content (AvgIpc) is 2.91. The number of hydrogen-bond donors (Lipinski definition) is 1. The van der Waals surface area contributed by atoms with E-state index in [1.807, 2.05) is 18.2 Å². The molecule has 3 rings (SSSR count). The zero-order valence-electron chi connectivity index (χ0n) is 13.4. The fourth-order valence-corrected chi connectivity index (χ4v) is 4.15. The largest absolute Gasteiger partial charge is 0.504 e. The van der Waals surface area contributed by atoms with Crippen LogP contribution in [0.3, 0.4) is 0 Å². The van der Waals surface area contributed by atoms with E-state index in [0.717, 1.165) is 24.0 Å². The van der Waals surface area contributed by atoms with Crippen LogP contribution in [0.5, 0.6) is 11.5 Å². The van der Waals surface area contributed by atoms with E-state index in [9.17, 15) is 9.90 Å². The van der Waals surface area contributed by atoms with E-state index >= 15 is 0 Å². The highest BCUT2D eigenvalue weighted by Gasteiger charge is 2.46. The van der Waals surface area contributed by atoms with Crippen LogP contribution < -0.4 is 4.74 Å². The van der Waals surface area contributed by atoms with Crippen molar-refractivity contribution in [1.82, 2.24) is 0 Å². The lowest BCUT2D eigenvalue weighted by atomic mass is 9.75. The van der Waals surface area contributed by atoms with Gasteiger partial charge in [0, 0.05) is 5.92 Å². The molecule has 0 aliphatic heterocycles. The molecule has 3 heteroatoms. The Balaban J connectivity index is 1.86. The molecular weight excluding hydrogens is 288 g/mol. The maximum absolute atomic E-state index is 12.4. The smallest absolute Gasteiger partial charge is 0.160 e. The number of phenols is 1. The average molecular weight is 310 g/mol. The lowest BCUT2D eigenvalue weighted by Crippen LogP contribution is -2.29. The van der Waals surface area contributed by atoms with Crippen molar-refractivity contribution < 1.29 is 14.6 Å². The normalized spacial score (nSPS) is 29.4. The number of hydrogen-bond acceptors (Lipinski definition) is 3. The van der Waals surface area contributed by atoms with Crippen LogP contribution in [-0.2, 0) is 11.2 Å². The first-order chi connectivity index (χ1) is 11.0. The van der Waals surface area contributed by atoms with Gasteiger partial charge in [0.05, 0.1) is 7.11 Å². The van der Waals surface area contributed by atoms with E-state index in [0.29, 0.717) is 11.7 Å². The minimum Gasteiger partial charge on any atom is -0.504 e. The number of ketones is 1. The zero-order chi connectivity index (χ0) is 16.6. The van der Waals surface area contributed by atoms with Crippen LogP contribution in [0.2, 0.25) is 0 Å². The molecule has 1 aromatic rings. The van der Waals surface area contributed by atoms with Gasteiger partial charge in [0.1, 0.15) is 0 Å². The second kappa shape index (κ2) is 6.07. The third-order valence-electron chi connectivity index (χ3n) is 5.19. The summed E-state index contributed by atoms with van der Waals surface area (Å²) in [5.74, 6) is 1.46. The summed E-state index contributed by atoms with van der Waals surface area (Å²) in [6, 6.07) is 5.45. The number of phenolic OH excluding ortho intramolecular Hbond substituents is 1. The summed E-state index contributed by atoms with van der Waals surface area (Å²) in [6.07, 6.45) is 7.16. The Morgan fingerprint density at radius 3 is 2.78 bits per heavy atom. The zero-order valence-corrected chi connectivity index (χ0v) is 13.4. The van der Waals surface area contributed by atoms with Gasteiger partial charge in [-0.05, 0) is 54.4 Å². The third-order valence-corrected chi connectivity index (χ3v) is 5.19. The first-order valence-electron chi connectivity index (χ1n) is 7.94. The van der Waals surface area contributed by atoms with Gasteiger partial charge >= 0.3 is 0 Å². The predicted octanol–water partition coefficient (Wildman–Crippen LogP) is 3.69. The van der Waals surface area contributed by atoms with E-state index in [1.54, 1.807) is 18.2 Å². The SMILES string of the molecule is C=C[C@@H]1C[C@@H](Cc2ccc(OC)c(O)c2)[C@@H]2C(=O)C=CC(=C)[C@H]21. The van der Waals surface area contributed by atoms with Crippen molar-refractivity contribution >= 4 is 5.78 Å². The molecule has 4 atom stereocenters. The molecule has 3 nitrogen and oxygen atoms in total. The van der Waals surface area contributed by atoms with Crippen LogP contribution in [0.1, 0.15) is 12.0 Å². The monoisotopic (exact) mass is 310 g/mol. The van der Waals surface area contributed by atoms with Crippen molar-refractivity contribution in [3.63, 3.8) is 0 Å². The summed E-state index contributed by atoms with van der Waals surface area (Å²) in [4.78, 5) is 12.4. The molecule has 1 saturated carbocycles. The third kappa shape index (κ3) is 2.72. The fourth-order valence-electron chi connectivity index (χ4n) is 4.15. The predicted molar refractivity (Wildman–Crippen MR) is 90.4 cm³/mol. The van der Waals surface area contributed by atoms with Crippen molar-refractivity contribution in [3.8, 4) is 11.5 Å². The Kier molecular flexibility index (Phi) is 4.12. The van der Waals surface area contributed by atoms with Gasteiger partial charge in [-0.15, -0.1) is 6.58 Å². The highest BCUT2D eigenvalue weighted by atomic mass is 16.5. The number of ether oxygens (including phenoxy) is 1. The summed E-state index contributed by atoms with van der Waals surface area (Å²) < 4.78 is 5.08. The molecule has 0 amide bonds. The van der Waals surface area contributed by atoms with E-state index in [4.69, 9.17) is 4.74 Å². The van der Waals surface area contributed by atoms with Crippen LogP contribution in [-0.4, -0.2) is 18.0 Å².